The molecule has 0 fully saturated rings. The number of amides is 1. The number of rotatable bonds is 6. The van der Waals surface area contributed by atoms with E-state index in [2.05, 4.69) is 42.1 Å². The van der Waals surface area contributed by atoms with Crippen LogP contribution in [0.15, 0.2) is 41.3 Å². The number of nitrogens with one attached hydrogen (secondary N) is 2. The maximum Gasteiger partial charge on any atom is 0.240 e. The van der Waals surface area contributed by atoms with Gasteiger partial charge in [0.05, 0.1) is 10.8 Å². The summed E-state index contributed by atoms with van der Waals surface area (Å²) in [6.45, 7) is 6.29. The van der Waals surface area contributed by atoms with Crippen LogP contribution in [0.1, 0.15) is 41.5 Å². The average molecular weight is 372 g/mol. The van der Waals surface area contributed by atoms with Gasteiger partial charge in [-0.1, -0.05) is 23.8 Å². The SMILES string of the molecule is Cc1ccc(CCCNS(=O)(=O)c2ccc3c(c2)[C@@H](C)C(=O)N3)c(C)c1. The van der Waals surface area contributed by atoms with Crippen molar-refractivity contribution in [1.29, 1.82) is 0 Å². The molecule has 2 aromatic carbocycles. The van der Waals surface area contributed by atoms with Gasteiger partial charge in [0, 0.05) is 12.2 Å². The van der Waals surface area contributed by atoms with E-state index < -0.39 is 10.0 Å². The Hall–Kier alpha value is -2.18. The Labute approximate surface area is 154 Å². The molecule has 0 aliphatic carbocycles. The summed E-state index contributed by atoms with van der Waals surface area (Å²) >= 11 is 0. The number of fused-ring (bicyclic) bond motifs is 1. The molecule has 2 N–H and O–H groups in total. The molecular formula is C20H24N2O3S. The summed E-state index contributed by atoms with van der Waals surface area (Å²) in [7, 11) is -3.58. The number of hydrogen-bond donors (Lipinski definition) is 2. The van der Waals surface area contributed by atoms with Crippen LogP contribution in [0.25, 0.3) is 0 Å². The van der Waals surface area contributed by atoms with Gasteiger partial charge in [-0.25, -0.2) is 13.1 Å². The number of anilines is 1. The molecule has 1 heterocycles. The summed E-state index contributed by atoms with van der Waals surface area (Å²) in [4.78, 5) is 11.9. The van der Waals surface area contributed by atoms with Crippen molar-refractivity contribution in [3.8, 4) is 0 Å². The van der Waals surface area contributed by atoms with Crippen molar-refractivity contribution in [1.82, 2.24) is 4.72 Å². The van der Waals surface area contributed by atoms with Gasteiger partial charge in [0.15, 0.2) is 0 Å². The van der Waals surface area contributed by atoms with Gasteiger partial charge in [-0.05, 0) is 68.5 Å². The lowest BCUT2D eigenvalue weighted by molar-refractivity contribution is -0.116. The first-order valence-electron chi connectivity index (χ1n) is 8.78. The van der Waals surface area contributed by atoms with Crippen molar-refractivity contribution in [3.63, 3.8) is 0 Å². The zero-order valence-electron chi connectivity index (χ0n) is 15.3. The van der Waals surface area contributed by atoms with E-state index >= 15 is 0 Å². The van der Waals surface area contributed by atoms with Crippen molar-refractivity contribution in [2.45, 2.75) is 44.4 Å². The van der Waals surface area contributed by atoms with Crippen LogP contribution in [-0.4, -0.2) is 20.9 Å². The first kappa shape index (κ1) is 18.6. The molecule has 0 radical (unpaired) electrons. The Balaban J connectivity index is 1.62. The zero-order chi connectivity index (χ0) is 18.9. The minimum atomic E-state index is -3.58. The molecule has 1 aliphatic heterocycles. The fourth-order valence-electron chi connectivity index (χ4n) is 3.26. The molecule has 6 heteroatoms. The molecule has 1 aliphatic rings. The Kier molecular flexibility index (Phi) is 5.16. The number of hydrogen-bond acceptors (Lipinski definition) is 3. The minimum absolute atomic E-state index is 0.101. The van der Waals surface area contributed by atoms with E-state index in [4.69, 9.17) is 0 Å². The quantitative estimate of drug-likeness (QED) is 0.764. The first-order valence-corrected chi connectivity index (χ1v) is 10.3. The van der Waals surface area contributed by atoms with Gasteiger partial charge in [-0.3, -0.25) is 4.79 Å². The van der Waals surface area contributed by atoms with Gasteiger partial charge in [-0.15, -0.1) is 0 Å². The van der Waals surface area contributed by atoms with Crippen LogP contribution in [0.4, 0.5) is 5.69 Å². The topological polar surface area (TPSA) is 75.3 Å². The molecule has 0 unspecified atom stereocenters. The van der Waals surface area contributed by atoms with E-state index in [1.807, 2.05) is 0 Å². The largest absolute Gasteiger partial charge is 0.325 e. The van der Waals surface area contributed by atoms with Gasteiger partial charge < -0.3 is 5.32 Å². The lowest BCUT2D eigenvalue weighted by atomic mass is 10.0. The van der Waals surface area contributed by atoms with Gasteiger partial charge in [0.25, 0.3) is 0 Å². The lowest BCUT2D eigenvalue weighted by Crippen LogP contribution is -2.25. The van der Waals surface area contributed by atoms with E-state index in [1.54, 1.807) is 19.1 Å². The predicted molar refractivity (Wildman–Crippen MR) is 103 cm³/mol. The number of carbonyl (C=O) groups is 1. The van der Waals surface area contributed by atoms with Crippen molar-refractivity contribution in [2.24, 2.45) is 0 Å². The summed E-state index contributed by atoms with van der Waals surface area (Å²) in [5.74, 6) is -0.430. The number of sulfonamides is 1. The molecule has 2 aromatic rings. The van der Waals surface area contributed by atoms with Crippen LogP contribution in [0.3, 0.4) is 0 Å². The van der Waals surface area contributed by atoms with Gasteiger partial charge >= 0.3 is 0 Å². The molecule has 138 valence electrons. The fourth-order valence-corrected chi connectivity index (χ4v) is 4.37. The highest BCUT2D eigenvalue weighted by molar-refractivity contribution is 7.89. The summed E-state index contributed by atoms with van der Waals surface area (Å²) < 4.78 is 27.7. The Morgan fingerprint density at radius 3 is 2.62 bits per heavy atom. The minimum Gasteiger partial charge on any atom is -0.325 e. The second kappa shape index (κ2) is 7.21. The van der Waals surface area contributed by atoms with Crippen molar-refractivity contribution < 1.29 is 13.2 Å². The van der Waals surface area contributed by atoms with Crippen molar-refractivity contribution in [3.05, 3.63) is 58.7 Å². The maximum atomic E-state index is 12.5. The second-order valence-electron chi connectivity index (χ2n) is 6.89. The van der Waals surface area contributed by atoms with Crippen LogP contribution in [0.5, 0.6) is 0 Å². The monoisotopic (exact) mass is 372 g/mol. The molecule has 1 atom stereocenters. The molecule has 0 spiro atoms. The van der Waals surface area contributed by atoms with Crippen molar-refractivity contribution in [2.75, 3.05) is 11.9 Å². The third-order valence-electron chi connectivity index (χ3n) is 4.86. The lowest BCUT2D eigenvalue weighted by Gasteiger charge is -2.10. The molecule has 0 saturated heterocycles. The molecule has 0 saturated carbocycles. The van der Waals surface area contributed by atoms with E-state index in [1.165, 1.54) is 22.8 Å². The molecule has 5 nitrogen and oxygen atoms in total. The fraction of sp³-hybridized carbons (Fsp3) is 0.350. The van der Waals surface area contributed by atoms with Gasteiger partial charge in [0.1, 0.15) is 0 Å². The van der Waals surface area contributed by atoms with E-state index in [-0.39, 0.29) is 16.7 Å². The molecule has 0 bridgehead atoms. The third-order valence-corrected chi connectivity index (χ3v) is 6.32. The number of aryl methyl sites for hydroxylation is 3. The summed E-state index contributed by atoms with van der Waals surface area (Å²) in [6.07, 6.45) is 1.55. The molecule has 1 amide bonds. The number of carbonyl (C=O) groups excluding carboxylic acids is 1. The van der Waals surface area contributed by atoms with Gasteiger partial charge in [0.2, 0.25) is 15.9 Å². The Morgan fingerprint density at radius 1 is 1.12 bits per heavy atom. The standard InChI is InChI=1S/C20H24N2O3S/c1-13-6-7-16(14(2)11-13)5-4-10-21-26(24,25)17-8-9-19-18(12-17)15(3)20(23)22-19/h6-9,11-12,15,21H,4-5,10H2,1-3H3,(H,22,23)/t15-/m1/s1. The second-order valence-corrected chi connectivity index (χ2v) is 8.66. The molecule has 26 heavy (non-hydrogen) atoms. The average Bonchev–Trinajstić information content (AvgIpc) is 2.87. The molecular weight excluding hydrogens is 348 g/mol. The first-order chi connectivity index (χ1) is 12.3. The van der Waals surface area contributed by atoms with Crippen LogP contribution in [0.2, 0.25) is 0 Å². The normalized spacial score (nSPS) is 16.4. The van der Waals surface area contributed by atoms with Crippen LogP contribution in [-0.2, 0) is 21.2 Å². The van der Waals surface area contributed by atoms with E-state index in [9.17, 15) is 13.2 Å². The smallest absolute Gasteiger partial charge is 0.240 e. The maximum absolute atomic E-state index is 12.5. The highest BCUT2D eigenvalue weighted by atomic mass is 32.2. The molecule has 0 aromatic heterocycles. The summed E-state index contributed by atoms with van der Waals surface area (Å²) in [6, 6.07) is 11.1. The van der Waals surface area contributed by atoms with Gasteiger partial charge in [-0.2, -0.15) is 0 Å². The van der Waals surface area contributed by atoms with Crippen molar-refractivity contribution >= 4 is 21.6 Å². The highest BCUT2D eigenvalue weighted by Gasteiger charge is 2.28. The van der Waals surface area contributed by atoms with Crippen LogP contribution in [0, 0.1) is 13.8 Å². The van der Waals surface area contributed by atoms with E-state index in [0.717, 1.165) is 18.4 Å². The Morgan fingerprint density at radius 2 is 1.88 bits per heavy atom. The number of benzene rings is 2. The summed E-state index contributed by atoms with van der Waals surface area (Å²) in [5.41, 5.74) is 5.12. The zero-order valence-corrected chi connectivity index (χ0v) is 16.1. The Bertz CT molecular complexity index is 952. The summed E-state index contributed by atoms with van der Waals surface area (Å²) in [5, 5.41) is 2.75. The van der Waals surface area contributed by atoms with Crippen LogP contribution < -0.4 is 10.0 Å². The third kappa shape index (κ3) is 3.81. The molecule has 3 rings (SSSR count). The predicted octanol–water partition coefficient (Wildman–Crippen LogP) is 3.27. The van der Waals surface area contributed by atoms with Crippen LogP contribution >= 0.6 is 0 Å². The highest BCUT2D eigenvalue weighted by Crippen LogP contribution is 2.33. The van der Waals surface area contributed by atoms with E-state index in [0.29, 0.717) is 12.2 Å².